The van der Waals surface area contributed by atoms with E-state index in [4.69, 9.17) is 9.97 Å². The molecule has 0 fully saturated rings. The Kier molecular flexibility index (Phi) is 6.50. The fourth-order valence-corrected chi connectivity index (χ4v) is 11.4. The molecular weight excluding hydrogens is 677 g/mol. The van der Waals surface area contributed by atoms with Crippen molar-refractivity contribution in [3.8, 4) is 45.0 Å². The lowest BCUT2D eigenvalue weighted by Crippen LogP contribution is -1.88. The van der Waals surface area contributed by atoms with E-state index in [-0.39, 0.29) is 0 Å². The highest BCUT2D eigenvalue weighted by molar-refractivity contribution is 7.27. The molecule has 0 unspecified atom stereocenters. The highest BCUT2D eigenvalue weighted by atomic mass is 32.1. The summed E-state index contributed by atoms with van der Waals surface area (Å²) in [5.41, 5.74) is 8.64. The van der Waals surface area contributed by atoms with Gasteiger partial charge in [0.2, 0.25) is 0 Å². The molecule has 51 heavy (non-hydrogen) atoms. The lowest BCUT2D eigenvalue weighted by molar-refractivity contribution is 1.34. The van der Waals surface area contributed by atoms with Crippen molar-refractivity contribution >= 4 is 94.5 Å². The number of hydrogen-bond acceptors (Lipinski definition) is 5. The van der Waals surface area contributed by atoms with Crippen molar-refractivity contribution in [3.63, 3.8) is 0 Å². The van der Waals surface area contributed by atoms with Gasteiger partial charge in [-0.15, -0.1) is 34.0 Å². The second-order valence-corrected chi connectivity index (χ2v) is 16.0. The van der Waals surface area contributed by atoms with Crippen LogP contribution in [0.5, 0.6) is 0 Å². The standard InChI is InChI=1S/C46H26N2S3/c1-3-25-41-27(11-1)29-13-5-17-33(43(29)49-41)37-21-9-23-39(47-37)35-19-7-15-31-32-16-8-20-36(46(32)51-45(31)35)40-24-10-22-38(48-40)34-18-6-14-30-28-12-2-4-26-42(28)50-44(30)34/h1-26H. The van der Waals surface area contributed by atoms with Gasteiger partial charge in [-0.2, -0.15) is 0 Å². The first-order chi connectivity index (χ1) is 25.3. The molecule has 0 aliphatic heterocycles. The van der Waals surface area contributed by atoms with Gasteiger partial charge in [0.15, 0.2) is 0 Å². The van der Waals surface area contributed by atoms with Crippen molar-refractivity contribution in [2.75, 3.05) is 0 Å². The number of rotatable bonds is 4. The van der Waals surface area contributed by atoms with E-state index in [2.05, 4.69) is 158 Å². The molecule has 5 heterocycles. The second kappa shape index (κ2) is 11.4. The third-order valence-electron chi connectivity index (χ3n) is 9.93. The molecule has 238 valence electrons. The molecule has 2 nitrogen and oxygen atoms in total. The van der Waals surface area contributed by atoms with Gasteiger partial charge in [0.05, 0.1) is 22.8 Å². The van der Waals surface area contributed by atoms with E-state index in [9.17, 15) is 0 Å². The summed E-state index contributed by atoms with van der Waals surface area (Å²) in [5, 5.41) is 7.69. The van der Waals surface area contributed by atoms with Gasteiger partial charge >= 0.3 is 0 Å². The zero-order valence-electron chi connectivity index (χ0n) is 27.1. The summed E-state index contributed by atoms with van der Waals surface area (Å²) >= 11 is 5.54. The molecule has 0 saturated heterocycles. The summed E-state index contributed by atoms with van der Waals surface area (Å²) < 4.78 is 7.67. The Morgan fingerprint density at radius 3 is 0.941 bits per heavy atom. The van der Waals surface area contributed by atoms with Crippen molar-refractivity contribution in [1.82, 2.24) is 9.97 Å². The average molecular weight is 703 g/mol. The Bertz CT molecular complexity index is 2950. The zero-order chi connectivity index (χ0) is 33.5. The molecule has 0 radical (unpaired) electrons. The Morgan fingerprint density at radius 1 is 0.255 bits per heavy atom. The van der Waals surface area contributed by atoms with E-state index < -0.39 is 0 Å². The molecule has 0 aliphatic rings. The Labute approximate surface area is 305 Å². The topological polar surface area (TPSA) is 25.8 Å². The minimum absolute atomic E-state index is 0.987. The van der Waals surface area contributed by atoms with E-state index in [1.54, 1.807) is 0 Å². The van der Waals surface area contributed by atoms with Crippen LogP contribution in [0.2, 0.25) is 0 Å². The monoisotopic (exact) mass is 702 g/mol. The van der Waals surface area contributed by atoms with Crippen LogP contribution < -0.4 is 0 Å². The molecule has 0 bridgehead atoms. The highest BCUT2D eigenvalue weighted by Crippen LogP contribution is 2.45. The van der Waals surface area contributed by atoms with Crippen LogP contribution in [0.15, 0.2) is 158 Å². The summed E-state index contributed by atoms with van der Waals surface area (Å²) in [6.45, 7) is 0. The first-order valence-corrected chi connectivity index (χ1v) is 19.4. The highest BCUT2D eigenvalue weighted by Gasteiger charge is 2.18. The summed E-state index contributed by atoms with van der Waals surface area (Å²) in [5.74, 6) is 0. The number of pyridine rings is 2. The van der Waals surface area contributed by atoms with Crippen LogP contribution in [0.25, 0.3) is 106 Å². The van der Waals surface area contributed by atoms with Gasteiger partial charge in [-0.3, -0.25) is 0 Å². The molecule has 0 aliphatic carbocycles. The maximum Gasteiger partial charge on any atom is 0.0723 e. The van der Waals surface area contributed by atoms with E-state index in [1.807, 2.05) is 34.0 Å². The quantitative estimate of drug-likeness (QED) is 0.182. The SMILES string of the molecule is c1cc(-c2cccc3c2sc2ccccc23)nc(-c2cccc3c2sc2c(-c4cccc(-c5cccc6c5sc5ccccc56)n4)cccc23)c1. The van der Waals surface area contributed by atoms with Gasteiger partial charge in [0, 0.05) is 82.8 Å². The van der Waals surface area contributed by atoms with Gasteiger partial charge in [-0.25, -0.2) is 9.97 Å². The minimum Gasteiger partial charge on any atom is -0.248 e. The Morgan fingerprint density at radius 2 is 0.549 bits per heavy atom. The van der Waals surface area contributed by atoms with Crippen molar-refractivity contribution < 1.29 is 0 Å². The van der Waals surface area contributed by atoms with Crippen LogP contribution in [0.3, 0.4) is 0 Å². The maximum atomic E-state index is 5.32. The summed E-state index contributed by atoms with van der Waals surface area (Å²) in [6, 6.07) is 56.7. The molecule has 0 spiro atoms. The van der Waals surface area contributed by atoms with E-state index >= 15 is 0 Å². The molecule has 11 aromatic rings. The number of nitrogens with zero attached hydrogens (tertiary/aromatic N) is 2. The van der Waals surface area contributed by atoms with Crippen LogP contribution >= 0.6 is 34.0 Å². The minimum atomic E-state index is 0.987. The van der Waals surface area contributed by atoms with Crippen LogP contribution in [-0.4, -0.2) is 9.97 Å². The maximum absolute atomic E-state index is 5.32. The fourth-order valence-electron chi connectivity index (χ4n) is 7.59. The molecule has 11 rings (SSSR count). The molecule has 0 amide bonds. The summed E-state index contributed by atoms with van der Waals surface area (Å²) in [7, 11) is 0. The van der Waals surface area contributed by atoms with Crippen molar-refractivity contribution in [2.45, 2.75) is 0 Å². The predicted molar refractivity (Wildman–Crippen MR) is 222 cm³/mol. The van der Waals surface area contributed by atoms with Crippen LogP contribution in [0.4, 0.5) is 0 Å². The number of fused-ring (bicyclic) bond motifs is 9. The van der Waals surface area contributed by atoms with Gasteiger partial charge in [-0.05, 0) is 36.4 Å². The fraction of sp³-hybridized carbons (Fsp3) is 0. The van der Waals surface area contributed by atoms with E-state index in [0.29, 0.717) is 0 Å². The lowest BCUT2D eigenvalue weighted by atomic mass is 10.0. The molecule has 6 aromatic carbocycles. The van der Waals surface area contributed by atoms with Crippen LogP contribution in [0.1, 0.15) is 0 Å². The first kappa shape index (κ1) is 29.1. The van der Waals surface area contributed by atoms with Crippen LogP contribution in [0, 0.1) is 0 Å². The normalized spacial score (nSPS) is 11.9. The number of hydrogen-bond donors (Lipinski definition) is 0. The predicted octanol–water partition coefficient (Wildman–Crippen LogP) is 14.2. The number of thiophene rings is 3. The zero-order valence-corrected chi connectivity index (χ0v) is 29.6. The average Bonchev–Trinajstić information content (AvgIpc) is 3.89. The van der Waals surface area contributed by atoms with Gasteiger partial charge in [0.1, 0.15) is 0 Å². The third-order valence-corrected chi connectivity index (χ3v) is 13.7. The molecular formula is C46H26N2S3. The van der Waals surface area contributed by atoms with Gasteiger partial charge < -0.3 is 0 Å². The van der Waals surface area contributed by atoms with E-state index in [0.717, 1.165) is 33.9 Å². The van der Waals surface area contributed by atoms with Gasteiger partial charge in [-0.1, -0.05) is 121 Å². The lowest BCUT2D eigenvalue weighted by Gasteiger charge is -2.07. The van der Waals surface area contributed by atoms with Crippen molar-refractivity contribution in [1.29, 1.82) is 0 Å². The summed E-state index contributed by atoms with van der Waals surface area (Å²) in [6.07, 6.45) is 0. The van der Waals surface area contributed by atoms with E-state index in [1.165, 1.54) is 71.6 Å². The molecule has 0 saturated carbocycles. The number of aromatic nitrogens is 2. The van der Waals surface area contributed by atoms with Gasteiger partial charge in [0.25, 0.3) is 0 Å². The number of benzene rings is 6. The summed E-state index contributed by atoms with van der Waals surface area (Å²) in [4.78, 5) is 10.6. The van der Waals surface area contributed by atoms with Crippen molar-refractivity contribution in [3.05, 3.63) is 158 Å². The first-order valence-electron chi connectivity index (χ1n) is 17.0. The smallest absolute Gasteiger partial charge is 0.0723 e. The Hall–Kier alpha value is -5.72. The molecule has 0 atom stereocenters. The largest absolute Gasteiger partial charge is 0.248 e. The molecule has 5 heteroatoms. The van der Waals surface area contributed by atoms with Crippen molar-refractivity contribution in [2.24, 2.45) is 0 Å². The Balaban J connectivity index is 1.04. The third kappa shape index (κ3) is 4.52. The molecule has 0 N–H and O–H groups in total. The second-order valence-electron chi connectivity index (χ2n) is 12.8. The molecule has 5 aromatic heterocycles. The van der Waals surface area contributed by atoms with Crippen LogP contribution in [-0.2, 0) is 0 Å².